The van der Waals surface area contributed by atoms with Crippen LogP contribution >= 0.6 is 11.3 Å². The molecule has 0 aliphatic heterocycles. The molecule has 1 aliphatic rings. The summed E-state index contributed by atoms with van der Waals surface area (Å²) in [6.07, 6.45) is 4.10. The zero-order valence-corrected chi connectivity index (χ0v) is 10.6. The molecule has 2 aromatic heterocycles. The van der Waals surface area contributed by atoms with Crippen molar-refractivity contribution in [1.82, 2.24) is 15.3 Å². The lowest BCUT2D eigenvalue weighted by Gasteiger charge is -2.03. The maximum Gasteiger partial charge on any atom is 0.181 e. The van der Waals surface area contributed by atoms with Crippen LogP contribution in [-0.4, -0.2) is 9.97 Å². The van der Waals surface area contributed by atoms with Gasteiger partial charge in [0, 0.05) is 23.9 Å². The lowest BCUT2D eigenvalue weighted by Crippen LogP contribution is -2.13. The van der Waals surface area contributed by atoms with E-state index in [2.05, 4.69) is 15.3 Å². The van der Waals surface area contributed by atoms with Gasteiger partial charge in [0.25, 0.3) is 0 Å². The minimum Gasteiger partial charge on any atom is -0.448 e. The molecule has 0 aromatic carbocycles. The van der Waals surface area contributed by atoms with E-state index in [1.165, 1.54) is 29.8 Å². The Bertz CT molecular complexity index is 501. The van der Waals surface area contributed by atoms with E-state index in [0.29, 0.717) is 0 Å². The SMILES string of the molecule is Cc1ocnc1CNCc1scnc1C1CC1. The van der Waals surface area contributed by atoms with Gasteiger partial charge < -0.3 is 9.73 Å². The molecule has 1 N–H and O–H groups in total. The number of aryl methyl sites for hydroxylation is 1. The monoisotopic (exact) mass is 249 g/mol. The van der Waals surface area contributed by atoms with Crippen molar-refractivity contribution in [1.29, 1.82) is 0 Å². The number of oxazole rings is 1. The van der Waals surface area contributed by atoms with Gasteiger partial charge >= 0.3 is 0 Å². The minimum absolute atomic E-state index is 0.729. The van der Waals surface area contributed by atoms with E-state index in [-0.39, 0.29) is 0 Å². The molecule has 0 atom stereocenters. The van der Waals surface area contributed by atoms with Crippen molar-refractivity contribution in [3.8, 4) is 0 Å². The molecule has 5 heteroatoms. The van der Waals surface area contributed by atoms with Gasteiger partial charge in [-0.25, -0.2) is 9.97 Å². The second-order valence-electron chi connectivity index (χ2n) is 4.39. The summed E-state index contributed by atoms with van der Waals surface area (Å²) in [7, 11) is 0. The van der Waals surface area contributed by atoms with Crippen LogP contribution in [0.15, 0.2) is 16.3 Å². The number of aromatic nitrogens is 2. The predicted molar refractivity (Wildman–Crippen MR) is 65.9 cm³/mol. The van der Waals surface area contributed by atoms with E-state index in [4.69, 9.17) is 4.42 Å². The molecule has 1 saturated carbocycles. The highest BCUT2D eigenvalue weighted by molar-refractivity contribution is 7.09. The highest BCUT2D eigenvalue weighted by atomic mass is 32.1. The topological polar surface area (TPSA) is 51.0 Å². The molecular formula is C12H15N3OS. The molecule has 4 nitrogen and oxygen atoms in total. The van der Waals surface area contributed by atoms with E-state index in [9.17, 15) is 0 Å². The Kier molecular flexibility index (Phi) is 2.94. The van der Waals surface area contributed by atoms with Crippen LogP contribution in [0.1, 0.15) is 40.8 Å². The average molecular weight is 249 g/mol. The number of hydrogen-bond acceptors (Lipinski definition) is 5. The fourth-order valence-corrected chi connectivity index (χ4v) is 2.71. The predicted octanol–water partition coefficient (Wildman–Crippen LogP) is 2.61. The van der Waals surface area contributed by atoms with Crippen molar-refractivity contribution in [2.75, 3.05) is 0 Å². The van der Waals surface area contributed by atoms with Gasteiger partial charge in [-0.2, -0.15) is 0 Å². The summed E-state index contributed by atoms with van der Waals surface area (Å²) in [5.74, 6) is 1.62. The number of nitrogens with one attached hydrogen (secondary N) is 1. The van der Waals surface area contributed by atoms with Gasteiger partial charge in [0.2, 0.25) is 0 Å². The molecule has 3 rings (SSSR count). The Labute approximate surface area is 104 Å². The summed E-state index contributed by atoms with van der Waals surface area (Å²) in [5.41, 5.74) is 4.24. The average Bonchev–Trinajstić information content (AvgIpc) is 2.93. The van der Waals surface area contributed by atoms with Crippen molar-refractivity contribution in [2.45, 2.75) is 38.8 Å². The number of thiazole rings is 1. The van der Waals surface area contributed by atoms with Crippen LogP contribution in [0, 0.1) is 6.92 Å². The maximum absolute atomic E-state index is 5.16. The first-order valence-electron chi connectivity index (χ1n) is 5.86. The van der Waals surface area contributed by atoms with Crippen molar-refractivity contribution in [3.05, 3.63) is 33.9 Å². The van der Waals surface area contributed by atoms with Gasteiger partial charge in [0.1, 0.15) is 5.76 Å². The smallest absolute Gasteiger partial charge is 0.181 e. The van der Waals surface area contributed by atoms with Gasteiger partial charge in [-0.05, 0) is 19.8 Å². The molecule has 0 saturated heterocycles. The van der Waals surface area contributed by atoms with Gasteiger partial charge in [-0.3, -0.25) is 0 Å². The maximum atomic E-state index is 5.16. The van der Waals surface area contributed by atoms with Gasteiger partial charge in [-0.1, -0.05) is 0 Å². The fraction of sp³-hybridized carbons (Fsp3) is 0.500. The minimum atomic E-state index is 0.729. The first kappa shape index (κ1) is 10.9. The molecule has 17 heavy (non-hydrogen) atoms. The highest BCUT2D eigenvalue weighted by Crippen LogP contribution is 2.41. The molecule has 0 unspecified atom stereocenters. The van der Waals surface area contributed by atoms with Crippen LogP contribution in [0.25, 0.3) is 0 Å². The van der Waals surface area contributed by atoms with Crippen LogP contribution in [0.4, 0.5) is 0 Å². The summed E-state index contributed by atoms with van der Waals surface area (Å²) >= 11 is 1.74. The second kappa shape index (κ2) is 4.58. The van der Waals surface area contributed by atoms with Gasteiger partial charge in [-0.15, -0.1) is 11.3 Å². The Balaban J connectivity index is 1.57. The largest absolute Gasteiger partial charge is 0.448 e. The van der Waals surface area contributed by atoms with Gasteiger partial charge in [0.15, 0.2) is 6.39 Å². The summed E-state index contributed by atoms with van der Waals surface area (Å²) in [4.78, 5) is 9.99. The fourth-order valence-electron chi connectivity index (χ4n) is 1.89. The third-order valence-electron chi connectivity index (χ3n) is 3.06. The van der Waals surface area contributed by atoms with Crippen molar-refractivity contribution >= 4 is 11.3 Å². The lowest BCUT2D eigenvalue weighted by atomic mass is 10.2. The highest BCUT2D eigenvalue weighted by Gasteiger charge is 2.28. The molecule has 0 amide bonds. The van der Waals surface area contributed by atoms with Crippen LogP contribution < -0.4 is 5.32 Å². The Hall–Kier alpha value is -1.20. The first-order chi connectivity index (χ1) is 8.34. The third-order valence-corrected chi connectivity index (χ3v) is 3.91. The zero-order valence-electron chi connectivity index (χ0n) is 9.77. The molecular weight excluding hydrogens is 234 g/mol. The molecule has 0 bridgehead atoms. The van der Waals surface area contributed by atoms with Crippen molar-refractivity contribution in [2.24, 2.45) is 0 Å². The summed E-state index contributed by atoms with van der Waals surface area (Å²) in [6.45, 7) is 3.57. The van der Waals surface area contributed by atoms with E-state index in [1.54, 1.807) is 11.3 Å². The summed E-state index contributed by atoms with van der Waals surface area (Å²) in [6, 6.07) is 0. The standard InChI is InChI=1S/C12H15N3OS/c1-8-10(14-6-16-8)4-13-5-11-12(9-2-3-9)15-7-17-11/h6-7,9,13H,2-5H2,1H3. The van der Waals surface area contributed by atoms with Crippen LogP contribution in [-0.2, 0) is 13.1 Å². The molecule has 2 aromatic rings. The first-order valence-corrected chi connectivity index (χ1v) is 6.74. The Morgan fingerprint density at radius 2 is 2.29 bits per heavy atom. The Morgan fingerprint density at radius 3 is 3.00 bits per heavy atom. The van der Waals surface area contributed by atoms with Crippen LogP contribution in [0.3, 0.4) is 0 Å². The van der Waals surface area contributed by atoms with Crippen LogP contribution in [0.2, 0.25) is 0 Å². The van der Waals surface area contributed by atoms with Crippen molar-refractivity contribution < 1.29 is 4.42 Å². The van der Waals surface area contributed by atoms with Gasteiger partial charge in [0.05, 0.1) is 16.9 Å². The zero-order chi connectivity index (χ0) is 11.7. The quantitative estimate of drug-likeness (QED) is 0.885. The molecule has 1 aliphatic carbocycles. The Morgan fingerprint density at radius 1 is 1.41 bits per heavy atom. The van der Waals surface area contributed by atoms with E-state index < -0.39 is 0 Å². The lowest BCUT2D eigenvalue weighted by molar-refractivity contribution is 0.522. The normalized spacial score (nSPS) is 15.4. The number of nitrogens with zero attached hydrogens (tertiary/aromatic N) is 2. The summed E-state index contributed by atoms with van der Waals surface area (Å²) in [5, 5.41) is 3.40. The van der Waals surface area contributed by atoms with Crippen molar-refractivity contribution in [3.63, 3.8) is 0 Å². The van der Waals surface area contributed by atoms with E-state index >= 15 is 0 Å². The summed E-state index contributed by atoms with van der Waals surface area (Å²) < 4.78 is 5.16. The molecule has 0 radical (unpaired) electrons. The second-order valence-corrected chi connectivity index (χ2v) is 5.33. The molecule has 0 spiro atoms. The molecule has 2 heterocycles. The molecule has 90 valence electrons. The number of rotatable bonds is 5. The van der Waals surface area contributed by atoms with E-state index in [0.717, 1.165) is 30.5 Å². The van der Waals surface area contributed by atoms with Crippen LogP contribution in [0.5, 0.6) is 0 Å². The van der Waals surface area contributed by atoms with E-state index in [1.807, 2.05) is 12.4 Å². The number of hydrogen-bond donors (Lipinski definition) is 1. The third kappa shape index (κ3) is 2.40. The molecule has 1 fully saturated rings.